The fraction of sp³-hybridized carbons (Fsp3) is 0.167. The molecule has 2 rings (SSSR count). The van der Waals surface area contributed by atoms with Gasteiger partial charge in [0.05, 0.1) is 16.6 Å². The van der Waals surface area contributed by atoms with Crippen molar-refractivity contribution in [3.63, 3.8) is 0 Å². The minimum atomic E-state index is -0.477. The molecule has 0 amide bonds. The molecule has 1 aromatic carbocycles. The van der Waals surface area contributed by atoms with Crippen molar-refractivity contribution in [3.05, 3.63) is 62.9 Å². The molecule has 0 aliphatic rings. The number of benzene rings is 1. The minimum Gasteiger partial charge on any atom is -0.392 e. The first-order chi connectivity index (χ1) is 8.60. The van der Waals surface area contributed by atoms with Crippen LogP contribution in [0.5, 0.6) is 0 Å². The molecule has 1 heterocycles. The van der Waals surface area contributed by atoms with Gasteiger partial charge >= 0.3 is 0 Å². The summed E-state index contributed by atoms with van der Waals surface area (Å²) in [5, 5.41) is 19.9. The second kappa shape index (κ2) is 5.20. The highest BCUT2D eigenvalue weighted by Crippen LogP contribution is 2.23. The summed E-state index contributed by atoms with van der Waals surface area (Å²) in [4.78, 5) is 10.1. The van der Waals surface area contributed by atoms with E-state index in [9.17, 15) is 10.1 Å². The average Bonchev–Trinajstić information content (AvgIpc) is 2.79. The van der Waals surface area contributed by atoms with Crippen LogP contribution in [0.1, 0.15) is 11.1 Å². The molecule has 0 fully saturated rings. The molecule has 0 radical (unpaired) electrons. The van der Waals surface area contributed by atoms with Crippen LogP contribution >= 0.6 is 11.6 Å². The average molecular weight is 267 g/mol. The van der Waals surface area contributed by atoms with E-state index in [2.05, 4.69) is 0 Å². The van der Waals surface area contributed by atoms with Crippen LogP contribution in [0.25, 0.3) is 0 Å². The fourth-order valence-corrected chi connectivity index (χ4v) is 1.89. The number of nitrogens with zero attached hydrogens (tertiary/aromatic N) is 2. The summed E-state index contributed by atoms with van der Waals surface area (Å²) in [6.45, 7) is 0.498. The molecule has 1 N–H and O–H groups in total. The Labute approximate surface area is 108 Å². The summed E-state index contributed by atoms with van der Waals surface area (Å²) in [7, 11) is 0. The van der Waals surface area contributed by atoms with Gasteiger partial charge in [0.1, 0.15) is 0 Å². The number of aromatic nitrogens is 1. The van der Waals surface area contributed by atoms with Gasteiger partial charge in [-0.3, -0.25) is 10.1 Å². The normalized spacial score (nSPS) is 10.6. The molecule has 18 heavy (non-hydrogen) atoms. The van der Waals surface area contributed by atoms with E-state index >= 15 is 0 Å². The van der Waals surface area contributed by atoms with Gasteiger partial charge in [0, 0.05) is 31.1 Å². The largest absolute Gasteiger partial charge is 0.392 e. The van der Waals surface area contributed by atoms with Crippen molar-refractivity contribution in [2.75, 3.05) is 0 Å². The minimum absolute atomic E-state index is 0.0129. The number of rotatable bonds is 4. The zero-order valence-electron chi connectivity index (χ0n) is 9.41. The quantitative estimate of drug-likeness (QED) is 0.683. The first kappa shape index (κ1) is 12.6. The van der Waals surface area contributed by atoms with Gasteiger partial charge in [-0.25, -0.2) is 0 Å². The van der Waals surface area contributed by atoms with Crippen LogP contribution in [0.4, 0.5) is 5.69 Å². The Morgan fingerprint density at radius 3 is 2.72 bits per heavy atom. The van der Waals surface area contributed by atoms with Gasteiger partial charge in [0.2, 0.25) is 0 Å². The maximum atomic E-state index is 10.6. The van der Waals surface area contributed by atoms with Gasteiger partial charge in [-0.2, -0.15) is 0 Å². The van der Waals surface area contributed by atoms with Crippen LogP contribution < -0.4 is 0 Å². The molecule has 94 valence electrons. The predicted octanol–water partition coefficient (Wildman–Crippen LogP) is 2.59. The van der Waals surface area contributed by atoms with Crippen molar-refractivity contribution in [2.45, 2.75) is 13.2 Å². The van der Waals surface area contributed by atoms with Gasteiger partial charge < -0.3 is 9.67 Å². The maximum Gasteiger partial charge on any atom is 0.270 e. The van der Waals surface area contributed by atoms with Crippen LogP contribution in [0.15, 0.2) is 36.7 Å². The number of hydrogen-bond donors (Lipinski definition) is 1. The standard InChI is InChI=1S/C12H11ClN2O3/c13-12-5-11(15(17)18)2-1-10(12)7-14-4-3-9(6-14)8-16/h1-6,16H,7-8H2. The zero-order chi connectivity index (χ0) is 13.1. The molecule has 0 aliphatic heterocycles. The third-order valence-corrected chi connectivity index (χ3v) is 2.95. The third-order valence-electron chi connectivity index (χ3n) is 2.59. The fourth-order valence-electron chi connectivity index (χ4n) is 1.66. The smallest absolute Gasteiger partial charge is 0.270 e. The number of aliphatic hydroxyl groups is 1. The van der Waals surface area contributed by atoms with Crippen LogP contribution in [0.2, 0.25) is 5.02 Å². The number of nitro groups is 1. The van der Waals surface area contributed by atoms with E-state index in [-0.39, 0.29) is 12.3 Å². The Morgan fingerprint density at radius 2 is 2.17 bits per heavy atom. The Balaban J connectivity index is 2.21. The molecule has 5 nitrogen and oxygen atoms in total. The van der Waals surface area contributed by atoms with Gasteiger partial charge in [-0.15, -0.1) is 0 Å². The lowest BCUT2D eigenvalue weighted by atomic mass is 10.2. The summed E-state index contributed by atoms with van der Waals surface area (Å²) in [6, 6.07) is 6.21. The number of non-ortho nitro benzene ring substituents is 1. The van der Waals surface area contributed by atoms with E-state index in [0.29, 0.717) is 11.6 Å². The van der Waals surface area contributed by atoms with Crippen molar-refractivity contribution in [1.29, 1.82) is 0 Å². The number of halogens is 1. The van der Waals surface area contributed by atoms with E-state index in [1.54, 1.807) is 18.3 Å². The van der Waals surface area contributed by atoms with E-state index in [1.165, 1.54) is 12.1 Å². The van der Waals surface area contributed by atoms with E-state index in [1.807, 2.05) is 10.8 Å². The predicted molar refractivity (Wildman–Crippen MR) is 67.6 cm³/mol. The molecule has 6 heteroatoms. The first-order valence-corrected chi connectivity index (χ1v) is 5.66. The molecule has 0 spiro atoms. The van der Waals surface area contributed by atoms with Gasteiger partial charge in [-0.1, -0.05) is 11.6 Å². The summed E-state index contributed by atoms with van der Waals surface area (Å²) < 4.78 is 1.86. The highest BCUT2D eigenvalue weighted by Gasteiger charge is 2.09. The van der Waals surface area contributed by atoms with Crippen molar-refractivity contribution >= 4 is 17.3 Å². The van der Waals surface area contributed by atoms with Gasteiger partial charge in [0.15, 0.2) is 0 Å². The van der Waals surface area contributed by atoms with Gasteiger partial charge in [0.25, 0.3) is 5.69 Å². The molecule has 0 atom stereocenters. The van der Waals surface area contributed by atoms with Crippen LogP contribution in [-0.4, -0.2) is 14.6 Å². The molecule has 2 aromatic rings. The third kappa shape index (κ3) is 2.69. The van der Waals surface area contributed by atoms with Crippen LogP contribution in [-0.2, 0) is 13.2 Å². The first-order valence-electron chi connectivity index (χ1n) is 5.28. The van der Waals surface area contributed by atoms with Crippen molar-refractivity contribution in [3.8, 4) is 0 Å². The summed E-state index contributed by atoms with van der Waals surface area (Å²) in [5.74, 6) is 0. The van der Waals surface area contributed by atoms with Crippen molar-refractivity contribution < 1.29 is 10.0 Å². The Bertz CT molecular complexity index is 580. The topological polar surface area (TPSA) is 68.3 Å². The number of hydrogen-bond acceptors (Lipinski definition) is 3. The van der Waals surface area contributed by atoms with Crippen LogP contribution in [0, 0.1) is 10.1 Å². The van der Waals surface area contributed by atoms with Gasteiger partial charge in [-0.05, 0) is 23.3 Å². The van der Waals surface area contributed by atoms with E-state index < -0.39 is 4.92 Å². The van der Waals surface area contributed by atoms with Crippen LogP contribution in [0.3, 0.4) is 0 Å². The Morgan fingerprint density at radius 1 is 1.39 bits per heavy atom. The monoisotopic (exact) mass is 266 g/mol. The summed E-state index contributed by atoms with van der Waals surface area (Å²) in [5.41, 5.74) is 1.59. The lowest BCUT2D eigenvalue weighted by Crippen LogP contribution is -1.98. The molecule has 0 unspecified atom stereocenters. The van der Waals surface area contributed by atoms with E-state index in [0.717, 1.165) is 11.1 Å². The number of aliphatic hydroxyl groups excluding tert-OH is 1. The molecule has 1 aromatic heterocycles. The number of nitro benzene ring substituents is 1. The lowest BCUT2D eigenvalue weighted by Gasteiger charge is -2.05. The Hall–Kier alpha value is -1.85. The van der Waals surface area contributed by atoms with E-state index in [4.69, 9.17) is 16.7 Å². The highest BCUT2D eigenvalue weighted by atomic mass is 35.5. The SMILES string of the molecule is O=[N+]([O-])c1ccc(Cn2ccc(CO)c2)c(Cl)c1. The second-order valence-corrected chi connectivity index (χ2v) is 4.29. The summed E-state index contributed by atoms with van der Waals surface area (Å²) >= 11 is 6.00. The molecule has 0 saturated carbocycles. The molecular weight excluding hydrogens is 256 g/mol. The molecule has 0 aliphatic carbocycles. The Kier molecular flexibility index (Phi) is 3.64. The van der Waals surface area contributed by atoms with Crippen molar-refractivity contribution in [2.24, 2.45) is 0 Å². The summed E-state index contributed by atoms with van der Waals surface area (Å²) in [6.07, 6.45) is 3.63. The highest BCUT2D eigenvalue weighted by molar-refractivity contribution is 6.31. The molecule has 0 bridgehead atoms. The zero-order valence-corrected chi connectivity index (χ0v) is 10.2. The van der Waals surface area contributed by atoms with Crippen molar-refractivity contribution in [1.82, 2.24) is 4.57 Å². The maximum absolute atomic E-state index is 10.6. The molecular formula is C12H11ClN2O3. The lowest BCUT2D eigenvalue weighted by molar-refractivity contribution is -0.384. The molecule has 0 saturated heterocycles. The second-order valence-electron chi connectivity index (χ2n) is 3.88.